The Kier molecular flexibility index (Phi) is 2.53. The van der Waals surface area contributed by atoms with Crippen LogP contribution in [0.3, 0.4) is 0 Å². The number of aryl methyl sites for hydroxylation is 1. The first-order chi connectivity index (χ1) is 8.25. The molecule has 0 saturated carbocycles. The van der Waals surface area contributed by atoms with Crippen molar-refractivity contribution < 1.29 is 4.79 Å². The van der Waals surface area contributed by atoms with Crippen molar-refractivity contribution in [2.24, 2.45) is 0 Å². The maximum Gasteiger partial charge on any atom is 0.195 e. The molecule has 0 aliphatic carbocycles. The summed E-state index contributed by atoms with van der Waals surface area (Å²) < 4.78 is 1.06. The van der Waals surface area contributed by atoms with Crippen LogP contribution < -0.4 is 0 Å². The van der Waals surface area contributed by atoms with Gasteiger partial charge in [0.25, 0.3) is 0 Å². The van der Waals surface area contributed by atoms with E-state index in [9.17, 15) is 4.79 Å². The quantitative estimate of drug-likeness (QED) is 0.653. The molecular weight excluding hydrogens is 250 g/mol. The molecule has 0 amide bonds. The molecule has 0 aliphatic heterocycles. The van der Waals surface area contributed by atoms with Crippen LogP contribution in [0.25, 0.3) is 10.2 Å². The van der Waals surface area contributed by atoms with Crippen LogP contribution in [0.1, 0.15) is 20.8 Å². The zero-order valence-corrected chi connectivity index (χ0v) is 10.8. The summed E-state index contributed by atoms with van der Waals surface area (Å²) in [5, 5.41) is 3.93. The molecule has 0 bridgehead atoms. The van der Waals surface area contributed by atoms with E-state index < -0.39 is 0 Å². The third-order valence-electron chi connectivity index (χ3n) is 2.67. The number of carbonyl (C=O) groups excluding carboxylic acids is 1. The predicted octanol–water partition coefficient (Wildman–Crippen LogP) is 3.90. The van der Waals surface area contributed by atoms with Crippen LogP contribution in [-0.4, -0.2) is 10.8 Å². The first-order valence-electron chi connectivity index (χ1n) is 5.18. The number of pyridine rings is 1. The second kappa shape index (κ2) is 4.05. The van der Waals surface area contributed by atoms with Crippen LogP contribution in [0.2, 0.25) is 0 Å². The largest absolute Gasteiger partial charge is 0.289 e. The van der Waals surface area contributed by atoms with Gasteiger partial charge in [0.05, 0.1) is 10.2 Å². The monoisotopic (exact) mass is 259 g/mol. The molecule has 0 atom stereocenters. The Morgan fingerprint density at radius 3 is 2.82 bits per heavy atom. The summed E-state index contributed by atoms with van der Waals surface area (Å²) in [6, 6.07) is 5.76. The van der Waals surface area contributed by atoms with Crippen LogP contribution in [-0.2, 0) is 0 Å². The van der Waals surface area contributed by atoms with Crippen LogP contribution in [0, 0.1) is 6.92 Å². The minimum atomic E-state index is 0.0616. The molecule has 0 aliphatic rings. The number of rotatable bonds is 2. The average Bonchev–Trinajstić information content (AvgIpc) is 2.95. The van der Waals surface area contributed by atoms with Crippen LogP contribution in [0.5, 0.6) is 0 Å². The minimum absolute atomic E-state index is 0.0616. The van der Waals surface area contributed by atoms with E-state index in [1.54, 1.807) is 28.9 Å². The molecule has 84 valence electrons. The van der Waals surface area contributed by atoms with Crippen molar-refractivity contribution in [3.05, 3.63) is 51.2 Å². The Morgan fingerprint density at radius 1 is 1.24 bits per heavy atom. The van der Waals surface area contributed by atoms with Gasteiger partial charge >= 0.3 is 0 Å². The Morgan fingerprint density at radius 2 is 2.06 bits per heavy atom. The van der Waals surface area contributed by atoms with Gasteiger partial charge in [-0.25, -0.2) is 0 Å². The lowest BCUT2D eigenvalue weighted by atomic mass is 10.1. The van der Waals surface area contributed by atoms with Gasteiger partial charge in [-0.2, -0.15) is 0 Å². The topological polar surface area (TPSA) is 30.0 Å². The van der Waals surface area contributed by atoms with E-state index >= 15 is 0 Å². The van der Waals surface area contributed by atoms with Gasteiger partial charge in [0.15, 0.2) is 5.78 Å². The molecule has 4 heteroatoms. The van der Waals surface area contributed by atoms with Crippen molar-refractivity contribution in [3.63, 3.8) is 0 Å². The summed E-state index contributed by atoms with van der Waals surface area (Å²) >= 11 is 3.20. The van der Waals surface area contributed by atoms with Gasteiger partial charge in [-0.15, -0.1) is 22.7 Å². The highest BCUT2D eigenvalue weighted by molar-refractivity contribution is 7.17. The Bertz CT molecular complexity index is 696. The van der Waals surface area contributed by atoms with Crippen LogP contribution in [0.15, 0.2) is 35.2 Å². The third-order valence-corrected chi connectivity index (χ3v) is 4.37. The molecule has 3 rings (SSSR count). The number of fused-ring (bicyclic) bond motifs is 1. The predicted molar refractivity (Wildman–Crippen MR) is 72.1 cm³/mol. The zero-order chi connectivity index (χ0) is 11.8. The second-order valence-electron chi connectivity index (χ2n) is 3.75. The molecule has 0 aromatic carbocycles. The average molecular weight is 259 g/mol. The summed E-state index contributed by atoms with van der Waals surface area (Å²) in [5.74, 6) is 0.0616. The molecule has 3 heterocycles. The number of nitrogens with zero attached hydrogens (tertiary/aromatic N) is 1. The van der Waals surface area contributed by atoms with E-state index in [1.807, 2.05) is 35.9 Å². The van der Waals surface area contributed by atoms with Crippen LogP contribution in [0.4, 0.5) is 0 Å². The van der Waals surface area contributed by atoms with Crippen molar-refractivity contribution in [1.29, 1.82) is 0 Å². The highest BCUT2D eigenvalue weighted by Gasteiger charge is 2.13. The summed E-state index contributed by atoms with van der Waals surface area (Å²) in [4.78, 5) is 17.6. The van der Waals surface area contributed by atoms with Crippen molar-refractivity contribution in [3.8, 4) is 0 Å². The number of hydrogen-bond acceptors (Lipinski definition) is 4. The van der Waals surface area contributed by atoms with Gasteiger partial charge in [-0.05, 0) is 35.9 Å². The lowest BCUT2D eigenvalue weighted by Gasteiger charge is -1.99. The van der Waals surface area contributed by atoms with E-state index in [0.29, 0.717) is 5.56 Å². The molecular formula is C13H9NOS2. The number of hydrogen-bond donors (Lipinski definition) is 0. The van der Waals surface area contributed by atoms with E-state index in [0.717, 1.165) is 20.7 Å². The van der Waals surface area contributed by atoms with Gasteiger partial charge in [0, 0.05) is 22.2 Å². The standard InChI is InChI=1S/C13H9NOS2/c1-8-10(2-4-16-8)13(15)9-6-12-11(14-7-9)3-5-17-12/h2-7H,1H3. The number of aromatic nitrogens is 1. The number of thiophene rings is 2. The van der Waals surface area contributed by atoms with Gasteiger partial charge in [0.2, 0.25) is 0 Å². The Labute approximate surface area is 107 Å². The van der Waals surface area contributed by atoms with E-state index in [4.69, 9.17) is 0 Å². The smallest absolute Gasteiger partial charge is 0.195 e. The maximum absolute atomic E-state index is 12.3. The van der Waals surface area contributed by atoms with Gasteiger partial charge in [0.1, 0.15) is 0 Å². The lowest BCUT2D eigenvalue weighted by molar-refractivity contribution is 0.103. The number of carbonyl (C=O) groups is 1. The molecule has 0 radical (unpaired) electrons. The summed E-state index contributed by atoms with van der Waals surface area (Å²) in [6.45, 7) is 1.97. The molecule has 0 spiro atoms. The molecule has 0 N–H and O–H groups in total. The van der Waals surface area contributed by atoms with Gasteiger partial charge in [-0.3, -0.25) is 9.78 Å². The molecule has 0 unspecified atom stereocenters. The third kappa shape index (κ3) is 1.79. The minimum Gasteiger partial charge on any atom is -0.289 e. The van der Waals surface area contributed by atoms with Gasteiger partial charge in [-0.1, -0.05) is 0 Å². The summed E-state index contributed by atoms with van der Waals surface area (Å²) in [5.41, 5.74) is 2.41. The van der Waals surface area contributed by atoms with Crippen molar-refractivity contribution in [1.82, 2.24) is 4.98 Å². The highest BCUT2D eigenvalue weighted by Crippen LogP contribution is 2.23. The molecule has 0 fully saturated rings. The fraction of sp³-hybridized carbons (Fsp3) is 0.0769. The summed E-state index contributed by atoms with van der Waals surface area (Å²) in [7, 11) is 0. The molecule has 17 heavy (non-hydrogen) atoms. The summed E-state index contributed by atoms with van der Waals surface area (Å²) in [6.07, 6.45) is 1.66. The molecule has 0 saturated heterocycles. The van der Waals surface area contributed by atoms with Crippen LogP contribution >= 0.6 is 22.7 Å². The Hall–Kier alpha value is -1.52. The van der Waals surface area contributed by atoms with E-state index in [1.165, 1.54) is 0 Å². The van der Waals surface area contributed by atoms with Crippen molar-refractivity contribution >= 4 is 38.7 Å². The molecule has 3 aromatic heterocycles. The lowest BCUT2D eigenvalue weighted by Crippen LogP contribution is -2.01. The zero-order valence-electron chi connectivity index (χ0n) is 9.14. The molecule has 2 nitrogen and oxygen atoms in total. The Balaban J connectivity index is 2.09. The fourth-order valence-electron chi connectivity index (χ4n) is 1.75. The number of ketones is 1. The molecule has 3 aromatic rings. The fourth-order valence-corrected chi connectivity index (χ4v) is 3.22. The van der Waals surface area contributed by atoms with E-state index in [-0.39, 0.29) is 5.78 Å². The second-order valence-corrected chi connectivity index (χ2v) is 5.82. The SMILES string of the molecule is Cc1sccc1C(=O)c1cnc2ccsc2c1. The van der Waals surface area contributed by atoms with E-state index in [2.05, 4.69) is 4.98 Å². The normalized spacial score (nSPS) is 10.9. The van der Waals surface area contributed by atoms with Crippen molar-refractivity contribution in [2.45, 2.75) is 6.92 Å². The maximum atomic E-state index is 12.3. The van der Waals surface area contributed by atoms with Gasteiger partial charge < -0.3 is 0 Å². The van der Waals surface area contributed by atoms with Crippen molar-refractivity contribution in [2.75, 3.05) is 0 Å². The highest BCUT2D eigenvalue weighted by atomic mass is 32.1. The first kappa shape index (κ1) is 10.6. The first-order valence-corrected chi connectivity index (χ1v) is 6.93.